The van der Waals surface area contributed by atoms with E-state index in [1.807, 2.05) is 0 Å². The number of hydrogen-bond acceptors (Lipinski definition) is 7. The third-order valence-electron chi connectivity index (χ3n) is 3.00. The number of hydrogen-bond donors (Lipinski definition) is 2. The zero-order valence-corrected chi connectivity index (χ0v) is 15.3. The first-order valence-electron chi connectivity index (χ1n) is 6.83. The topological polar surface area (TPSA) is 70.9 Å². The molecule has 1 aromatic carbocycles. The first kappa shape index (κ1) is 17.5. The van der Waals surface area contributed by atoms with Gasteiger partial charge in [0.1, 0.15) is 4.70 Å². The molecule has 2 aromatic heterocycles. The molecule has 0 bridgehead atoms. The van der Waals surface area contributed by atoms with Gasteiger partial charge in [-0.3, -0.25) is 0 Å². The lowest BCUT2D eigenvalue weighted by Gasteiger charge is -2.07. The number of aliphatic hydroxyl groups is 1. The summed E-state index contributed by atoms with van der Waals surface area (Å²) in [5.74, 6) is -0.987. The van der Waals surface area contributed by atoms with E-state index >= 15 is 0 Å². The summed E-state index contributed by atoms with van der Waals surface area (Å²) in [6, 6.07) is 4.06. The van der Waals surface area contributed by atoms with Crippen molar-refractivity contribution in [3.05, 3.63) is 39.3 Å². The van der Waals surface area contributed by atoms with Crippen LogP contribution in [0.4, 0.5) is 14.6 Å². The minimum atomic E-state index is -0.877. The number of rotatable bonds is 6. The van der Waals surface area contributed by atoms with E-state index in [-0.39, 0.29) is 17.9 Å². The Morgan fingerprint density at radius 3 is 2.88 bits per heavy atom. The molecule has 5 nitrogen and oxygen atoms in total. The lowest BCUT2D eigenvalue weighted by molar-refractivity contribution is 0.311. The zero-order chi connectivity index (χ0) is 17.1. The number of nitrogens with one attached hydrogen (secondary N) is 1. The second-order valence-electron chi connectivity index (χ2n) is 4.63. The van der Waals surface area contributed by atoms with Crippen LogP contribution in [0.1, 0.15) is 5.56 Å². The van der Waals surface area contributed by atoms with Crippen LogP contribution < -0.4 is 5.32 Å². The SMILES string of the molecule is OCCNc1nc(SCc2cccc(F)c2F)nc2nc(Br)sc12. The van der Waals surface area contributed by atoms with Crippen molar-refractivity contribution in [3.63, 3.8) is 0 Å². The van der Waals surface area contributed by atoms with Gasteiger partial charge in [-0.05, 0) is 22.0 Å². The van der Waals surface area contributed by atoms with E-state index in [1.165, 1.54) is 35.2 Å². The number of thioether (sulfide) groups is 1. The van der Waals surface area contributed by atoms with E-state index in [0.29, 0.717) is 27.1 Å². The van der Waals surface area contributed by atoms with Crippen molar-refractivity contribution in [2.45, 2.75) is 10.9 Å². The minimum absolute atomic E-state index is 0.0392. The largest absolute Gasteiger partial charge is 0.395 e. The number of aromatic nitrogens is 3. The Labute approximate surface area is 152 Å². The van der Waals surface area contributed by atoms with Crippen molar-refractivity contribution in [3.8, 4) is 0 Å². The fourth-order valence-electron chi connectivity index (χ4n) is 1.94. The van der Waals surface area contributed by atoms with E-state index in [4.69, 9.17) is 5.11 Å². The van der Waals surface area contributed by atoms with Crippen LogP contribution >= 0.6 is 39.0 Å². The highest BCUT2D eigenvalue weighted by atomic mass is 79.9. The summed E-state index contributed by atoms with van der Waals surface area (Å²) in [4.78, 5) is 13.0. The molecular formula is C14H11BrF2N4OS2. The van der Waals surface area contributed by atoms with Crippen molar-refractivity contribution in [1.29, 1.82) is 0 Å². The summed E-state index contributed by atoms with van der Waals surface area (Å²) in [6.07, 6.45) is 0. The van der Waals surface area contributed by atoms with Crippen molar-refractivity contribution in [2.24, 2.45) is 0 Å². The van der Waals surface area contributed by atoms with Crippen LogP contribution in [-0.2, 0) is 5.75 Å². The number of benzene rings is 1. The second-order valence-corrected chi connectivity index (χ2v) is 7.84. The van der Waals surface area contributed by atoms with Gasteiger partial charge in [0, 0.05) is 17.9 Å². The molecule has 0 aliphatic carbocycles. The lowest BCUT2D eigenvalue weighted by atomic mass is 10.2. The summed E-state index contributed by atoms with van der Waals surface area (Å²) >= 11 is 5.87. The van der Waals surface area contributed by atoms with E-state index in [1.54, 1.807) is 0 Å². The molecular weight excluding hydrogens is 422 g/mol. The summed E-state index contributed by atoms with van der Waals surface area (Å²) in [7, 11) is 0. The van der Waals surface area contributed by atoms with Crippen LogP contribution in [0, 0.1) is 11.6 Å². The maximum absolute atomic E-state index is 13.7. The zero-order valence-electron chi connectivity index (χ0n) is 12.1. The Bertz CT molecular complexity index is 877. The molecule has 0 fully saturated rings. The highest BCUT2D eigenvalue weighted by Crippen LogP contribution is 2.32. The Balaban J connectivity index is 1.87. The van der Waals surface area contributed by atoms with Crippen LogP contribution in [0.2, 0.25) is 0 Å². The molecule has 126 valence electrons. The molecule has 0 saturated carbocycles. The molecule has 2 N–H and O–H groups in total. The van der Waals surface area contributed by atoms with Crippen molar-refractivity contribution < 1.29 is 13.9 Å². The summed E-state index contributed by atoms with van der Waals surface area (Å²) in [5.41, 5.74) is 0.748. The van der Waals surface area contributed by atoms with Gasteiger partial charge in [0.05, 0.1) is 6.61 Å². The van der Waals surface area contributed by atoms with Crippen LogP contribution in [0.3, 0.4) is 0 Å². The summed E-state index contributed by atoms with van der Waals surface area (Å²) in [6.45, 7) is 0.298. The normalized spacial score (nSPS) is 11.2. The molecule has 0 aliphatic heterocycles. The molecule has 2 heterocycles. The van der Waals surface area contributed by atoms with Gasteiger partial charge in [-0.1, -0.05) is 23.9 Å². The molecule has 0 saturated heterocycles. The van der Waals surface area contributed by atoms with Gasteiger partial charge >= 0.3 is 0 Å². The number of fused-ring (bicyclic) bond motifs is 1. The molecule has 0 unspecified atom stereocenters. The molecule has 0 spiro atoms. The number of anilines is 1. The predicted molar refractivity (Wildman–Crippen MR) is 94.4 cm³/mol. The average Bonchev–Trinajstić information content (AvgIpc) is 2.94. The van der Waals surface area contributed by atoms with Gasteiger partial charge in [0.15, 0.2) is 32.2 Å². The quantitative estimate of drug-likeness (QED) is 0.455. The Hall–Kier alpha value is -1.36. The number of nitrogens with zero attached hydrogens (tertiary/aromatic N) is 3. The lowest BCUT2D eigenvalue weighted by Crippen LogP contribution is -2.08. The number of aliphatic hydroxyl groups excluding tert-OH is 1. The molecule has 10 heteroatoms. The average molecular weight is 433 g/mol. The maximum Gasteiger partial charge on any atom is 0.191 e. The minimum Gasteiger partial charge on any atom is -0.395 e. The van der Waals surface area contributed by atoms with Gasteiger partial charge in [0.2, 0.25) is 0 Å². The fraction of sp³-hybridized carbons (Fsp3) is 0.214. The van der Waals surface area contributed by atoms with Crippen LogP contribution in [0.15, 0.2) is 27.3 Å². The molecule has 3 aromatic rings. The Kier molecular flexibility index (Phi) is 5.59. The van der Waals surface area contributed by atoms with Crippen LogP contribution in [0.25, 0.3) is 10.3 Å². The maximum atomic E-state index is 13.7. The highest BCUT2D eigenvalue weighted by molar-refractivity contribution is 9.11. The monoisotopic (exact) mass is 432 g/mol. The standard InChI is InChI=1S/C14H11BrF2N4OS2/c15-13-19-12-10(24-13)11(18-4-5-22)20-14(21-12)23-6-7-2-1-3-8(16)9(7)17/h1-3,22H,4-6H2,(H,18,20,21). The highest BCUT2D eigenvalue weighted by Gasteiger charge is 2.14. The number of halogens is 3. The van der Waals surface area contributed by atoms with Crippen molar-refractivity contribution in [2.75, 3.05) is 18.5 Å². The first-order valence-corrected chi connectivity index (χ1v) is 9.42. The fourth-order valence-corrected chi connectivity index (χ4v) is 4.11. The molecule has 0 atom stereocenters. The van der Waals surface area contributed by atoms with Crippen LogP contribution in [0.5, 0.6) is 0 Å². The summed E-state index contributed by atoms with van der Waals surface area (Å²) < 4.78 is 28.4. The molecule has 0 amide bonds. The Morgan fingerprint density at radius 2 is 2.08 bits per heavy atom. The number of thiazole rings is 1. The summed E-state index contributed by atoms with van der Waals surface area (Å²) in [5, 5.41) is 12.4. The smallest absolute Gasteiger partial charge is 0.191 e. The first-order chi connectivity index (χ1) is 11.6. The predicted octanol–water partition coefficient (Wildman–Crippen LogP) is 3.82. The third kappa shape index (κ3) is 3.82. The molecule has 3 rings (SSSR count). The third-order valence-corrected chi connectivity index (χ3v) is 5.40. The Morgan fingerprint density at radius 1 is 1.25 bits per heavy atom. The molecule has 0 radical (unpaired) electrons. The van der Waals surface area contributed by atoms with Gasteiger partial charge in [0.25, 0.3) is 0 Å². The van der Waals surface area contributed by atoms with Crippen LogP contribution in [-0.4, -0.2) is 33.2 Å². The van der Waals surface area contributed by atoms with E-state index < -0.39 is 11.6 Å². The van der Waals surface area contributed by atoms with E-state index in [0.717, 1.165) is 10.8 Å². The van der Waals surface area contributed by atoms with Crippen molar-refractivity contribution >= 4 is 55.2 Å². The molecule has 24 heavy (non-hydrogen) atoms. The van der Waals surface area contributed by atoms with Gasteiger partial charge < -0.3 is 10.4 Å². The van der Waals surface area contributed by atoms with Gasteiger partial charge in [-0.25, -0.2) is 23.7 Å². The van der Waals surface area contributed by atoms with E-state index in [9.17, 15) is 8.78 Å². The van der Waals surface area contributed by atoms with Gasteiger partial charge in [-0.2, -0.15) is 0 Å². The van der Waals surface area contributed by atoms with Gasteiger partial charge in [-0.15, -0.1) is 11.3 Å². The second kappa shape index (κ2) is 7.68. The van der Waals surface area contributed by atoms with Crippen molar-refractivity contribution in [1.82, 2.24) is 15.0 Å². The molecule has 0 aliphatic rings. The van der Waals surface area contributed by atoms with E-state index in [2.05, 4.69) is 36.2 Å².